The number of aryl methyl sites for hydroxylation is 1. The molecule has 9 aromatic rings. The molecule has 0 unspecified atom stereocenters. The van der Waals surface area contributed by atoms with E-state index in [9.17, 15) is 4.39 Å². The van der Waals surface area contributed by atoms with Crippen LogP contribution in [0.2, 0.25) is 0 Å². The predicted octanol–water partition coefficient (Wildman–Crippen LogP) is 13.6. The first-order valence-corrected chi connectivity index (χ1v) is 17.5. The molecule has 0 radical (unpaired) electrons. The molecule has 0 fully saturated rings. The molecule has 0 aliphatic heterocycles. The Kier molecular flexibility index (Phi) is 8.91. The number of benzene rings is 9. The molecule has 0 atom stereocenters. The van der Waals surface area contributed by atoms with Crippen LogP contribution >= 0.6 is 0 Å². The highest BCUT2D eigenvalue weighted by atomic mass is 19.1. The predicted molar refractivity (Wildman–Crippen MR) is 221 cm³/mol. The molecule has 0 saturated heterocycles. The van der Waals surface area contributed by atoms with Crippen molar-refractivity contribution in [3.63, 3.8) is 0 Å². The second kappa shape index (κ2) is 14.3. The molecule has 250 valence electrons. The minimum absolute atomic E-state index is 0.351. The molecule has 0 spiro atoms. The third-order valence-corrected chi connectivity index (χ3v) is 9.64. The minimum atomic E-state index is -0.351. The summed E-state index contributed by atoms with van der Waals surface area (Å²) in [6, 6.07) is 64.1. The van der Waals surface area contributed by atoms with Crippen molar-refractivity contribution in [3.05, 3.63) is 199 Å². The van der Waals surface area contributed by atoms with Crippen molar-refractivity contribution in [2.24, 2.45) is 0 Å². The van der Waals surface area contributed by atoms with Crippen LogP contribution in [-0.2, 0) is 0 Å². The third kappa shape index (κ3) is 6.48. The molecule has 3 N–H and O–H groups in total. The maximum absolute atomic E-state index is 13.6. The summed E-state index contributed by atoms with van der Waals surface area (Å²) in [5.41, 5.74) is 16.7. The van der Waals surface area contributed by atoms with Crippen molar-refractivity contribution in [1.29, 1.82) is 0 Å². The number of anilines is 3. The minimum Gasteiger partial charge on any atom is -0.397 e. The van der Waals surface area contributed by atoms with Crippen LogP contribution in [0.3, 0.4) is 0 Å². The van der Waals surface area contributed by atoms with E-state index in [0.29, 0.717) is 11.4 Å². The molecule has 0 aliphatic rings. The number of hydrogen-bond donors (Lipinski definition) is 2. The van der Waals surface area contributed by atoms with Crippen molar-refractivity contribution < 1.29 is 4.39 Å². The third-order valence-electron chi connectivity index (χ3n) is 9.64. The van der Waals surface area contributed by atoms with E-state index in [1.165, 1.54) is 77.8 Å². The Morgan fingerprint density at radius 3 is 1.65 bits per heavy atom. The topological polar surface area (TPSA) is 38.0 Å². The number of halogens is 1. The van der Waals surface area contributed by atoms with E-state index in [0.717, 1.165) is 11.3 Å². The van der Waals surface area contributed by atoms with E-state index in [2.05, 4.69) is 164 Å². The van der Waals surface area contributed by atoms with Gasteiger partial charge >= 0.3 is 0 Å². The van der Waals surface area contributed by atoms with Gasteiger partial charge in [0.1, 0.15) is 5.82 Å². The average Bonchev–Trinajstić information content (AvgIpc) is 3.19. The second-order valence-electron chi connectivity index (χ2n) is 13.0. The molecule has 0 aromatic heterocycles. The Labute approximate surface area is 303 Å². The summed E-state index contributed by atoms with van der Waals surface area (Å²) in [7, 11) is 0. The Bertz CT molecular complexity index is 2640. The molecule has 9 aromatic carbocycles. The zero-order valence-corrected chi connectivity index (χ0v) is 28.9. The maximum Gasteiger partial charge on any atom is 0.125 e. The molecule has 2 nitrogen and oxygen atoms in total. The molecule has 0 heterocycles. The maximum atomic E-state index is 13.6. The van der Waals surface area contributed by atoms with Gasteiger partial charge in [0.15, 0.2) is 0 Å². The van der Waals surface area contributed by atoms with Crippen LogP contribution in [0.1, 0.15) is 5.56 Å². The highest BCUT2D eigenvalue weighted by molar-refractivity contribution is 6.21. The van der Waals surface area contributed by atoms with Crippen molar-refractivity contribution in [3.8, 4) is 33.4 Å². The average molecular weight is 673 g/mol. The van der Waals surface area contributed by atoms with Crippen LogP contribution in [0.4, 0.5) is 21.5 Å². The van der Waals surface area contributed by atoms with E-state index in [1.807, 2.05) is 18.2 Å². The molecule has 9 rings (SSSR count). The normalized spacial score (nSPS) is 11.0. The molecular weight excluding hydrogens is 636 g/mol. The van der Waals surface area contributed by atoms with E-state index in [-0.39, 0.29) is 5.82 Å². The Hall–Kier alpha value is -6.71. The molecule has 0 bridgehead atoms. The van der Waals surface area contributed by atoms with Gasteiger partial charge in [-0.25, -0.2) is 4.39 Å². The zero-order chi connectivity index (χ0) is 35.4. The van der Waals surface area contributed by atoms with Gasteiger partial charge in [0.05, 0.1) is 11.4 Å². The Morgan fingerprint density at radius 1 is 0.442 bits per heavy atom. The summed E-state index contributed by atoms with van der Waals surface area (Å²) in [4.78, 5) is 0. The molecule has 0 aliphatic carbocycles. The smallest absolute Gasteiger partial charge is 0.125 e. The van der Waals surface area contributed by atoms with Crippen molar-refractivity contribution in [2.45, 2.75) is 6.92 Å². The van der Waals surface area contributed by atoms with Crippen LogP contribution < -0.4 is 11.1 Å². The first-order chi connectivity index (χ1) is 25.5. The lowest BCUT2D eigenvalue weighted by molar-refractivity contribution is 0.628. The van der Waals surface area contributed by atoms with Gasteiger partial charge in [0, 0.05) is 5.69 Å². The number of nitrogen functional groups attached to an aromatic ring is 1. The zero-order valence-electron chi connectivity index (χ0n) is 28.9. The summed E-state index contributed by atoms with van der Waals surface area (Å²) in [6.45, 7) is 2.14. The fourth-order valence-corrected chi connectivity index (χ4v) is 7.17. The number of hydrogen-bond acceptors (Lipinski definition) is 2. The van der Waals surface area contributed by atoms with E-state index in [1.54, 1.807) is 6.07 Å². The molecule has 52 heavy (non-hydrogen) atoms. The largest absolute Gasteiger partial charge is 0.397 e. The fourth-order valence-electron chi connectivity index (χ4n) is 7.17. The van der Waals surface area contributed by atoms with Gasteiger partial charge in [-0.15, -0.1) is 0 Å². The lowest BCUT2D eigenvalue weighted by atomic mass is 9.85. The SMILES string of the molecule is Cc1ccccc1-c1ccccc1.Nc1cc(F)ccc1Nc1cccc(-c2c3ccccc3c(-c3ccc4ccccc4c3)c3ccccc23)c1. The van der Waals surface area contributed by atoms with E-state index < -0.39 is 0 Å². The second-order valence-corrected chi connectivity index (χ2v) is 13.0. The summed E-state index contributed by atoms with van der Waals surface area (Å²) in [6.07, 6.45) is 0. The van der Waals surface area contributed by atoms with Gasteiger partial charge in [-0.1, -0.05) is 152 Å². The molecule has 0 saturated carbocycles. The highest BCUT2D eigenvalue weighted by Gasteiger charge is 2.17. The summed E-state index contributed by atoms with van der Waals surface area (Å²) in [5, 5.41) is 10.6. The first-order valence-electron chi connectivity index (χ1n) is 17.5. The van der Waals surface area contributed by atoms with Gasteiger partial charge in [0.2, 0.25) is 0 Å². The summed E-state index contributed by atoms with van der Waals surface area (Å²) < 4.78 is 13.6. The van der Waals surface area contributed by atoms with Crippen LogP contribution in [-0.4, -0.2) is 0 Å². The van der Waals surface area contributed by atoms with Crippen molar-refractivity contribution >= 4 is 49.4 Å². The Morgan fingerprint density at radius 2 is 1.00 bits per heavy atom. The standard InChI is InChI=1S/C36H25FN2.C13H12/c37-27-18-19-34(33(38)22-27)39-28-11-7-10-25(21-28)35-29-12-3-5-14-31(29)36(32-15-6-4-13-30(32)35)26-17-16-23-8-1-2-9-24(23)20-26;1-11-7-5-6-10-13(11)12-8-3-2-4-9-12/h1-22,39H,38H2;2-10H,1H3. The van der Waals surface area contributed by atoms with Crippen LogP contribution in [0.15, 0.2) is 188 Å². The number of fused-ring (bicyclic) bond motifs is 3. The summed E-state index contributed by atoms with van der Waals surface area (Å²) in [5.74, 6) is -0.351. The van der Waals surface area contributed by atoms with Crippen LogP contribution in [0, 0.1) is 12.7 Å². The fraction of sp³-hybridized carbons (Fsp3) is 0.0204. The number of nitrogens with two attached hydrogens (primary N) is 1. The van der Waals surface area contributed by atoms with Crippen molar-refractivity contribution in [2.75, 3.05) is 11.1 Å². The quantitative estimate of drug-likeness (QED) is 0.141. The number of nitrogens with one attached hydrogen (secondary N) is 1. The van der Waals surface area contributed by atoms with Crippen molar-refractivity contribution in [1.82, 2.24) is 0 Å². The van der Waals surface area contributed by atoms with Crippen LogP contribution in [0.5, 0.6) is 0 Å². The van der Waals surface area contributed by atoms with Gasteiger partial charge in [-0.2, -0.15) is 0 Å². The lowest BCUT2D eigenvalue weighted by Crippen LogP contribution is -1.97. The van der Waals surface area contributed by atoms with E-state index >= 15 is 0 Å². The van der Waals surface area contributed by atoms with Gasteiger partial charge in [-0.05, 0) is 115 Å². The molecule has 3 heteroatoms. The molecular formula is C49H37FN2. The van der Waals surface area contributed by atoms with E-state index in [4.69, 9.17) is 5.73 Å². The van der Waals surface area contributed by atoms with Crippen LogP contribution in [0.25, 0.3) is 65.7 Å². The highest BCUT2D eigenvalue weighted by Crippen LogP contribution is 2.44. The molecule has 0 amide bonds. The summed E-state index contributed by atoms with van der Waals surface area (Å²) >= 11 is 0. The van der Waals surface area contributed by atoms with Gasteiger partial charge in [0.25, 0.3) is 0 Å². The Balaban J connectivity index is 0.000000250. The number of rotatable bonds is 5. The lowest BCUT2D eigenvalue weighted by Gasteiger charge is -2.18. The monoisotopic (exact) mass is 672 g/mol. The van der Waals surface area contributed by atoms with Gasteiger partial charge in [-0.3, -0.25) is 0 Å². The van der Waals surface area contributed by atoms with Gasteiger partial charge < -0.3 is 11.1 Å². The first kappa shape index (κ1) is 32.5.